The van der Waals surface area contributed by atoms with E-state index in [1.807, 2.05) is 6.07 Å². The van der Waals surface area contributed by atoms with Gasteiger partial charge in [0.2, 0.25) is 0 Å². The van der Waals surface area contributed by atoms with Crippen molar-refractivity contribution in [3.8, 4) is 0 Å². The predicted molar refractivity (Wildman–Crippen MR) is 52.5 cm³/mol. The van der Waals surface area contributed by atoms with E-state index < -0.39 is 18.8 Å². The van der Waals surface area contributed by atoms with Gasteiger partial charge in [-0.25, -0.2) is 4.79 Å². The lowest BCUT2D eigenvalue weighted by molar-refractivity contribution is -0.198. The van der Waals surface area contributed by atoms with E-state index in [0.29, 0.717) is 0 Å². The molecule has 16 heavy (non-hydrogen) atoms. The van der Waals surface area contributed by atoms with Gasteiger partial charge in [-0.1, -0.05) is 36.4 Å². The maximum absolute atomic E-state index is 11.7. The average Bonchev–Trinajstić information content (AvgIpc) is 2.24. The number of alkyl halides is 3. The van der Waals surface area contributed by atoms with Crippen molar-refractivity contribution in [3.63, 3.8) is 0 Å². The highest BCUT2D eigenvalue weighted by molar-refractivity contribution is 5.75. The van der Waals surface area contributed by atoms with Crippen LogP contribution in [0.1, 0.15) is 5.56 Å². The fourth-order valence-corrected chi connectivity index (χ4v) is 0.954. The van der Waals surface area contributed by atoms with Gasteiger partial charge in [-0.15, -0.1) is 0 Å². The Morgan fingerprint density at radius 2 is 1.88 bits per heavy atom. The lowest BCUT2D eigenvalue weighted by atomic mass is 10.2. The van der Waals surface area contributed by atoms with E-state index in [-0.39, 0.29) is 0 Å². The first-order valence-electron chi connectivity index (χ1n) is 4.45. The van der Waals surface area contributed by atoms with Crippen molar-refractivity contribution in [1.82, 2.24) is 0 Å². The molecule has 0 spiro atoms. The molecule has 0 aliphatic heterocycles. The molecule has 0 fully saturated rings. The van der Waals surface area contributed by atoms with Gasteiger partial charge >= 0.3 is 12.1 Å². The van der Waals surface area contributed by atoms with Crippen LogP contribution in [0.25, 0.3) is 6.08 Å². The minimum absolute atomic E-state index is 0.396. The Morgan fingerprint density at radius 1 is 1.25 bits per heavy atom. The van der Waals surface area contributed by atoms with E-state index in [4.69, 9.17) is 0 Å². The molecule has 0 N–H and O–H groups in total. The molecule has 2 nitrogen and oxygen atoms in total. The zero-order valence-electron chi connectivity index (χ0n) is 8.20. The van der Waals surface area contributed by atoms with E-state index in [1.54, 1.807) is 30.3 Å². The third kappa shape index (κ3) is 4.16. The van der Waals surface area contributed by atoms with Gasteiger partial charge < -0.3 is 4.74 Å². The molecule has 1 aromatic carbocycles. The van der Waals surface area contributed by atoms with E-state index in [1.165, 1.54) is 6.08 Å². The normalized spacial score (nSPS) is 11.7. The first-order valence-corrected chi connectivity index (χ1v) is 4.45. The predicted octanol–water partition coefficient (Wildman–Crippen LogP) is 2.81. The Balaban J connectivity index is 2.37. The zero-order chi connectivity index (χ0) is 12.0. The van der Waals surface area contributed by atoms with Crippen LogP contribution in [0, 0.1) is 0 Å². The molecule has 0 saturated heterocycles. The lowest BCUT2D eigenvalue weighted by Gasteiger charge is -2.04. The minimum Gasteiger partial charge on any atom is -0.455 e. The quantitative estimate of drug-likeness (QED) is 0.746. The number of ether oxygens (including phenoxy) is 1. The van der Waals surface area contributed by atoms with E-state index >= 15 is 0 Å². The molecule has 0 heterocycles. The number of carbonyl (C=O) groups excluding carboxylic acids is 1. The average molecular weight is 230 g/mol. The molecule has 0 amide bonds. The minimum atomic E-state index is -4.93. The molecular weight excluding hydrogens is 221 g/mol. The van der Waals surface area contributed by atoms with Crippen molar-refractivity contribution in [1.29, 1.82) is 0 Å². The van der Waals surface area contributed by atoms with Crippen molar-refractivity contribution in [3.05, 3.63) is 42.0 Å². The maximum Gasteiger partial charge on any atom is 0.490 e. The molecule has 0 aliphatic rings. The first kappa shape index (κ1) is 12.3. The number of esters is 1. The summed E-state index contributed by atoms with van der Waals surface area (Å²) in [6.07, 6.45) is -2.01. The molecule has 5 heteroatoms. The summed E-state index contributed by atoms with van der Waals surface area (Å²) in [5.74, 6) is -2.18. The lowest BCUT2D eigenvalue weighted by Crippen LogP contribution is -2.25. The van der Waals surface area contributed by atoms with E-state index in [9.17, 15) is 18.0 Å². The summed E-state index contributed by atoms with van der Waals surface area (Å²) in [7, 11) is 0. The summed E-state index contributed by atoms with van der Waals surface area (Å²) >= 11 is 0. The molecule has 0 bridgehead atoms. The Morgan fingerprint density at radius 3 is 2.44 bits per heavy atom. The monoisotopic (exact) mass is 230 g/mol. The molecule has 0 aliphatic carbocycles. The zero-order valence-corrected chi connectivity index (χ0v) is 8.20. The number of hydrogen-bond acceptors (Lipinski definition) is 2. The number of carbonyl (C=O) groups is 1. The molecule has 0 atom stereocenters. The van der Waals surface area contributed by atoms with Crippen LogP contribution in [0.4, 0.5) is 13.2 Å². The van der Waals surface area contributed by atoms with E-state index in [2.05, 4.69) is 4.74 Å². The second kappa shape index (κ2) is 5.34. The third-order valence-electron chi connectivity index (χ3n) is 1.65. The first-order chi connectivity index (χ1) is 7.50. The van der Waals surface area contributed by atoms with Crippen molar-refractivity contribution < 1.29 is 22.7 Å². The number of benzene rings is 1. The maximum atomic E-state index is 11.7. The molecule has 0 saturated carbocycles. The van der Waals surface area contributed by atoms with Crippen LogP contribution >= 0.6 is 0 Å². The second-order valence-corrected chi connectivity index (χ2v) is 2.91. The highest BCUT2D eigenvalue weighted by atomic mass is 19.4. The summed E-state index contributed by atoms with van der Waals surface area (Å²) in [5, 5.41) is 0. The molecular formula is C11H9F3O2. The third-order valence-corrected chi connectivity index (χ3v) is 1.65. The summed E-state index contributed by atoms with van der Waals surface area (Å²) < 4.78 is 39.1. The van der Waals surface area contributed by atoms with Crippen molar-refractivity contribution in [2.45, 2.75) is 6.18 Å². The second-order valence-electron chi connectivity index (χ2n) is 2.91. The summed E-state index contributed by atoms with van der Waals surface area (Å²) in [5.41, 5.74) is 0.825. The van der Waals surface area contributed by atoms with Gasteiger partial charge in [-0.3, -0.25) is 0 Å². The molecule has 1 rings (SSSR count). The fourth-order valence-electron chi connectivity index (χ4n) is 0.954. The number of rotatable bonds is 3. The topological polar surface area (TPSA) is 26.3 Å². The highest BCUT2D eigenvalue weighted by Crippen LogP contribution is 2.16. The Hall–Kier alpha value is -1.78. The van der Waals surface area contributed by atoms with Gasteiger partial charge in [-0.05, 0) is 11.6 Å². The standard InChI is InChI=1S/C11H9F3O2/c12-11(13,14)10(15)16-8-4-7-9-5-2-1-3-6-9/h1-7H,8H2/b7-4+. The van der Waals surface area contributed by atoms with Gasteiger partial charge in [0.05, 0.1) is 0 Å². The van der Waals surface area contributed by atoms with Gasteiger partial charge in [0, 0.05) is 0 Å². The molecule has 0 unspecified atom stereocenters. The van der Waals surface area contributed by atoms with Crippen molar-refractivity contribution in [2.75, 3.05) is 6.61 Å². The van der Waals surface area contributed by atoms with Gasteiger partial charge in [0.15, 0.2) is 0 Å². The van der Waals surface area contributed by atoms with Crippen molar-refractivity contribution >= 4 is 12.0 Å². The van der Waals surface area contributed by atoms with Gasteiger partial charge in [0.25, 0.3) is 0 Å². The smallest absolute Gasteiger partial charge is 0.455 e. The van der Waals surface area contributed by atoms with Gasteiger partial charge in [0.1, 0.15) is 6.61 Å². The van der Waals surface area contributed by atoms with Crippen LogP contribution in [0.2, 0.25) is 0 Å². The van der Waals surface area contributed by atoms with Crippen LogP contribution in [0.5, 0.6) is 0 Å². The highest BCUT2D eigenvalue weighted by Gasteiger charge is 2.40. The van der Waals surface area contributed by atoms with Crippen molar-refractivity contribution in [2.24, 2.45) is 0 Å². The van der Waals surface area contributed by atoms with E-state index in [0.717, 1.165) is 5.56 Å². The SMILES string of the molecule is O=C(OC/C=C/c1ccccc1)C(F)(F)F. The summed E-state index contributed by atoms with van der Waals surface area (Å²) in [6, 6.07) is 8.97. The molecule has 1 aromatic rings. The van der Waals surface area contributed by atoms with Crippen LogP contribution in [-0.4, -0.2) is 18.8 Å². The largest absolute Gasteiger partial charge is 0.490 e. The van der Waals surface area contributed by atoms with Crippen LogP contribution in [-0.2, 0) is 9.53 Å². The van der Waals surface area contributed by atoms with Gasteiger partial charge in [-0.2, -0.15) is 13.2 Å². The molecule has 0 radical (unpaired) electrons. The number of halogens is 3. The Kier molecular flexibility index (Phi) is 4.10. The summed E-state index contributed by atoms with van der Waals surface area (Å²) in [4.78, 5) is 10.3. The summed E-state index contributed by atoms with van der Waals surface area (Å²) in [6.45, 7) is -0.396. The number of hydrogen-bond donors (Lipinski definition) is 0. The van der Waals surface area contributed by atoms with Crippen LogP contribution in [0.3, 0.4) is 0 Å². The molecule has 86 valence electrons. The van der Waals surface area contributed by atoms with Crippen LogP contribution in [0.15, 0.2) is 36.4 Å². The fraction of sp³-hybridized carbons (Fsp3) is 0.182. The molecule has 0 aromatic heterocycles. The van der Waals surface area contributed by atoms with Crippen LogP contribution < -0.4 is 0 Å². The Bertz CT molecular complexity index is 369. The Labute approximate surface area is 90.3 Å².